The number of carbonyl (C=O) groups is 1. The van der Waals surface area contributed by atoms with Gasteiger partial charge < -0.3 is 9.84 Å². The second kappa shape index (κ2) is 9.64. The fraction of sp³-hybridized carbons (Fsp3) is 0.286. The lowest BCUT2D eigenvalue weighted by Crippen LogP contribution is -2.32. The largest absolute Gasteiger partial charge is 0.458 e. The monoisotopic (exact) mass is 403 g/mol. The van der Waals surface area contributed by atoms with Crippen molar-refractivity contribution in [1.29, 1.82) is 0 Å². The number of hydrogen-bond acceptors (Lipinski definition) is 5. The van der Waals surface area contributed by atoms with E-state index >= 15 is 0 Å². The zero-order chi connectivity index (χ0) is 20.7. The highest BCUT2D eigenvalue weighted by Gasteiger charge is 2.20. The number of hydrogen-bond donors (Lipinski definition) is 2. The number of aliphatic hydroxyl groups excluding tert-OH is 1. The lowest BCUT2D eigenvalue weighted by molar-refractivity contribution is -0.139. The van der Waals surface area contributed by atoms with Gasteiger partial charge in [-0.15, -0.1) is 0 Å². The van der Waals surface area contributed by atoms with Gasteiger partial charge in [0.25, 0.3) is 0 Å². The summed E-state index contributed by atoms with van der Waals surface area (Å²) in [5, 5.41) is 9.95. The fourth-order valence-corrected chi connectivity index (χ4v) is 4.39. The molecule has 0 aliphatic carbocycles. The molecule has 7 heteroatoms. The van der Waals surface area contributed by atoms with E-state index in [2.05, 4.69) is 4.72 Å². The van der Waals surface area contributed by atoms with Crippen molar-refractivity contribution in [3.63, 3.8) is 0 Å². The van der Waals surface area contributed by atoms with Gasteiger partial charge in [-0.1, -0.05) is 48.0 Å². The zero-order valence-electron chi connectivity index (χ0n) is 16.2. The van der Waals surface area contributed by atoms with Crippen LogP contribution in [-0.4, -0.2) is 32.1 Å². The van der Waals surface area contributed by atoms with Gasteiger partial charge in [0.15, 0.2) is 0 Å². The Kier molecular flexibility index (Phi) is 7.51. The van der Waals surface area contributed by atoms with E-state index in [0.717, 1.165) is 17.2 Å². The maximum Gasteiger partial charge on any atom is 0.330 e. The number of nitrogens with one attached hydrogen (secondary N) is 1. The summed E-state index contributed by atoms with van der Waals surface area (Å²) < 4.78 is 32.5. The van der Waals surface area contributed by atoms with Crippen molar-refractivity contribution in [1.82, 2.24) is 4.72 Å². The van der Waals surface area contributed by atoms with Crippen molar-refractivity contribution in [2.75, 3.05) is 6.54 Å². The summed E-state index contributed by atoms with van der Waals surface area (Å²) in [6.07, 6.45) is 1.12. The Labute approximate surface area is 165 Å². The van der Waals surface area contributed by atoms with Crippen LogP contribution in [0.15, 0.2) is 59.5 Å². The van der Waals surface area contributed by atoms with E-state index in [1.807, 2.05) is 37.3 Å². The molecule has 0 saturated carbocycles. The van der Waals surface area contributed by atoms with E-state index in [1.165, 1.54) is 6.08 Å². The second-order valence-corrected chi connectivity index (χ2v) is 8.30. The van der Waals surface area contributed by atoms with Gasteiger partial charge in [0.2, 0.25) is 10.0 Å². The van der Waals surface area contributed by atoms with Crippen LogP contribution in [0.5, 0.6) is 0 Å². The third-order valence-electron chi connectivity index (χ3n) is 4.03. The Balaban J connectivity index is 1.90. The lowest BCUT2D eigenvalue weighted by atomic mass is 10.1. The standard InChI is InChI=1S/C21H25NO5S/c1-15-11-16(2)21(17(3)12-15)28(25,26)22-13-19(23)9-10-20(24)27-14-18-7-5-4-6-8-18/h4-12,19,22-23H,13-14H2,1-3H3/b10-9+/t19-/m1/s1. The van der Waals surface area contributed by atoms with Crippen LogP contribution >= 0.6 is 0 Å². The molecular formula is C21H25NO5S. The Hall–Kier alpha value is -2.48. The van der Waals surface area contributed by atoms with Crippen LogP contribution in [0, 0.1) is 20.8 Å². The summed E-state index contributed by atoms with van der Waals surface area (Å²) in [7, 11) is -3.78. The summed E-state index contributed by atoms with van der Waals surface area (Å²) in [5.41, 5.74) is 3.10. The van der Waals surface area contributed by atoms with Gasteiger partial charge in [-0.05, 0) is 43.5 Å². The summed E-state index contributed by atoms with van der Waals surface area (Å²) in [4.78, 5) is 11.9. The predicted molar refractivity (Wildman–Crippen MR) is 107 cm³/mol. The molecule has 0 heterocycles. The number of rotatable bonds is 8. The molecular weight excluding hydrogens is 378 g/mol. The van der Waals surface area contributed by atoms with Gasteiger partial charge in [0.05, 0.1) is 11.0 Å². The highest BCUT2D eigenvalue weighted by Crippen LogP contribution is 2.21. The fourth-order valence-electron chi connectivity index (χ4n) is 2.89. The van der Waals surface area contributed by atoms with Gasteiger partial charge in [0.1, 0.15) is 6.61 Å². The summed E-state index contributed by atoms with van der Waals surface area (Å²) >= 11 is 0. The minimum atomic E-state index is -3.78. The first-order valence-electron chi connectivity index (χ1n) is 8.83. The number of ether oxygens (including phenoxy) is 1. The molecule has 1 atom stereocenters. The van der Waals surface area contributed by atoms with Crippen molar-refractivity contribution in [2.24, 2.45) is 0 Å². The van der Waals surface area contributed by atoms with Gasteiger partial charge in [0, 0.05) is 12.6 Å². The van der Waals surface area contributed by atoms with E-state index in [9.17, 15) is 18.3 Å². The zero-order valence-corrected chi connectivity index (χ0v) is 17.0. The Bertz CT molecular complexity index is 929. The number of carbonyl (C=O) groups excluding carboxylic acids is 1. The predicted octanol–water partition coefficient (Wildman–Crippen LogP) is 2.55. The highest BCUT2D eigenvalue weighted by atomic mass is 32.2. The van der Waals surface area contributed by atoms with Crippen LogP contribution in [0.25, 0.3) is 0 Å². The minimum Gasteiger partial charge on any atom is -0.458 e. The number of sulfonamides is 1. The molecule has 150 valence electrons. The van der Waals surface area contributed by atoms with Crippen molar-refractivity contribution in [3.05, 3.63) is 76.9 Å². The van der Waals surface area contributed by atoms with E-state index in [-0.39, 0.29) is 18.0 Å². The molecule has 0 spiro atoms. The maximum absolute atomic E-state index is 12.5. The third kappa shape index (κ3) is 6.30. The van der Waals surface area contributed by atoms with Crippen LogP contribution in [0.1, 0.15) is 22.3 Å². The minimum absolute atomic E-state index is 0.124. The molecule has 2 N–H and O–H groups in total. The molecule has 0 bridgehead atoms. The van der Waals surface area contributed by atoms with Crippen LogP contribution in [0.2, 0.25) is 0 Å². The Morgan fingerprint density at radius 1 is 1.14 bits per heavy atom. The van der Waals surface area contributed by atoms with Crippen molar-refractivity contribution >= 4 is 16.0 Å². The quantitative estimate of drug-likeness (QED) is 0.522. The Morgan fingerprint density at radius 3 is 2.36 bits per heavy atom. The maximum atomic E-state index is 12.5. The molecule has 0 amide bonds. The van der Waals surface area contributed by atoms with Crippen LogP contribution in [0.3, 0.4) is 0 Å². The van der Waals surface area contributed by atoms with Crippen LogP contribution in [-0.2, 0) is 26.2 Å². The van der Waals surface area contributed by atoms with Crippen LogP contribution in [0.4, 0.5) is 0 Å². The summed E-state index contributed by atoms with van der Waals surface area (Å²) in [6, 6.07) is 12.8. The third-order valence-corrected chi connectivity index (χ3v) is 5.76. The highest BCUT2D eigenvalue weighted by molar-refractivity contribution is 7.89. The molecule has 0 unspecified atom stereocenters. The van der Waals surface area contributed by atoms with E-state index in [1.54, 1.807) is 26.0 Å². The molecule has 28 heavy (non-hydrogen) atoms. The van der Waals surface area contributed by atoms with Gasteiger partial charge >= 0.3 is 5.97 Å². The first kappa shape index (κ1) is 21.8. The molecule has 0 aromatic heterocycles. The molecule has 0 aliphatic rings. The van der Waals surface area contributed by atoms with E-state index in [0.29, 0.717) is 11.1 Å². The topological polar surface area (TPSA) is 92.7 Å². The normalized spacial score (nSPS) is 12.9. The number of esters is 1. The van der Waals surface area contributed by atoms with E-state index in [4.69, 9.17) is 4.74 Å². The number of benzene rings is 2. The van der Waals surface area contributed by atoms with Crippen molar-refractivity contribution < 1.29 is 23.1 Å². The van der Waals surface area contributed by atoms with Crippen LogP contribution < -0.4 is 4.72 Å². The van der Waals surface area contributed by atoms with E-state index < -0.39 is 22.1 Å². The molecule has 2 aromatic rings. The molecule has 0 saturated heterocycles. The van der Waals surface area contributed by atoms with Crippen molar-refractivity contribution in [3.8, 4) is 0 Å². The molecule has 2 rings (SSSR count). The molecule has 0 radical (unpaired) electrons. The molecule has 0 aliphatic heterocycles. The first-order chi connectivity index (χ1) is 13.2. The van der Waals surface area contributed by atoms with Gasteiger partial charge in [-0.3, -0.25) is 0 Å². The molecule has 6 nitrogen and oxygen atoms in total. The second-order valence-electron chi connectivity index (χ2n) is 6.60. The number of aliphatic hydroxyl groups is 1. The SMILES string of the molecule is Cc1cc(C)c(S(=O)(=O)NC[C@H](O)/C=C/C(=O)OCc2ccccc2)c(C)c1. The average molecular weight is 404 g/mol. The summed E-state index contributed by atoms with van der Waals surface area (Å²) in [6.45, 7) is 5.23. The molecule has 0 fully saturated rings. The smallest absolute Gasteiger partial charge is 0.330 e. The van der Waals surface area contributed by atoms with Gasteiger partial charge in [-0.2, -0.15) is 0 Å². The average Bonchev–Trinajstić information content (AvgIpc) is 2.63. The van der Waals surface area contributed by atoms with Gasteiger partial charge in [-0.25, -0.2) is 17.9 Å². The molecule has 2 aromatic carbocycles. The first-order valence-corrected chi connectivity index (χ1v) is 10.3. The number of aryl methyl sites for hydroxylation is 3. The summed E-state index contributed by atoms with van der Waals surface area (Å²) in [5.74, 6) is -0.615. The Morgan fingerprint density at radius 2 is 1.75 bits per heavy atom. The lowest BCUT2D eigenvalue weighted by Gasteiger charge is -2.14. The van der Waals surface area contributed by atoms with Crippen molar-refractivity contribution in [2.45, 2.75) is 38.4 Å².